The molecule has 4 heteroatoms. The summed E-state index contributed by atoms with van der Waals surface area (Å²) in [5, 5.41) is 1.78. The maximum Gasteiger partial charge on any atom is 0.343 e. The minimum atomic E-state index is -0.396. The van der Waals surface area contributed by atoms with Crippen LogP contribution in [0.25, 0.3) is 10.8 Å². The number of fused-ring (bicyclic) bond motifs is 1. The summed E-state index contributed by atoms with van der Waals surface area (Å²) in [5.74, 6) is -0.235. The van der Waals surface area contributed by atoms with Crippen LogP contribution in [0.3, 0.4) is 0 Å². The summed E-state index contributed by atoms with van der Waals surface area (Å²) in [4.78, 5) is 24.8. The highest BCUT2D eigenvalue weighted by molar-refractivity contribution is 5.96. The molecule has 0 amide bonds. The molecule has 0 aliphatic carbocycles. The van der Waals surface area contributed by atoms with Gasteiger partial charge in [0.2, 0.25) is 0 Å². The van der Waals surface area contributed by atoms with E-state index in [1.807, 2.05) is 44.2 Å². The Morgan fingerprint density at radius 1 is 0.806 bits per heavy atom. The highest BCUT2D eigenvalue weighted by atomic mass is 16.5. The molecule has 0 saturated heterocycles. The van der Waals surface area contributed by atoms with E-state index >= 15 is 0 Å². The lowest BCUT2D eigenvalue weighted by molar-refractivity contribution is 0.0319. The molecule has 0 heterocycles. The molecule has 0 fully saturated rings. The van der Waals surface area contributed by atoms with Gasteiger partial charge in [0.25, 0.3) is 0 Å². The molecule has 4 nitrogen and oxygen atoms in total. The Morgan fingerprint density at radius 3 is 2.23 bits per heavy atom. The molecule has 0 aliphatic heterocycles. The first-order chi connectivity index (χ1) is 15.0. The zero-order valence-electron chi connectivity index (χ0n) is 18.5. The zero-order chi connectivity index (χ0) is 22.2. The summed E-state index contributed by atoms with van der Waals surface area (Å²) in [5.41, 5.74) is 2.12. The van der Waals surface area contributed by atoms with Gasteiger partial charge >= 0.3 is 11.9 Å². The van der Waals surface area contributed by atoms with Gasteiger partial charge in [-0.15, -0.1) is 0 Å². The monoisotopic (exact) mass is 418 g/mol. The van der Waals surface area contributed by atoms with E-state index in [0.29, 0.717) is 16.9 Å². The number of benzene rings is 3. The van der Waals surface area contributed by atoms with Gasteiger partial charge in [0.15, 0.2) is 0 Å². The normalized spacial score (nSPS) is 11.8. The predicted octanol–water partition coefficient (Wildman–Crippen LogP) is 6.88. The standard InChI is InChI=1S/C27H30O4/c1-4-5-6-7-8-20(3)30-27(29)24-14-13-23-18-25(16-15-22(23)17-24)31-26(28)21-11-9-19(2)10-12-21/h9-18,20H,4-8H2,1-3H3. The molecule has 3 aromatic carbocycles. The van der Waals surface area contributed by atoms with Crippen LogP contribution >= 0.6 is 0 Å². The second kappa shape index (κ2) is 10.8. The second-order valence-electron chi connectivity index (χ2n) is 8.04. The van der Waals surface area contributed by atoms with Gasteiger partial charge in [0, 0.05) is 0 Å². The Labute approximate surface area is 184 Å². The number of unbranched alkanes of at least 4 members (excludes halogenated alkanes) is 3. The molecule has 0 aromatic heterocycles. The van der Waals surface area contributed by atoms with Crippen molar-refractivity contribution in [1.29, 1.82) is 0 Å². The van der Waals surface area contributed by atoms with Crippen LogP contribution in [0.5, 0.6) is 5.75 Å². The van der Waals surface area contributed by atoms with Gasteiger partial charge in [-0.05, 0) is 73.9 Å². The molecule has 0 spiro atoms. The van der Waals surface area contributed by atoms with Crippen molar-refractivity contribution < 1.29 is 19.1 Å². The van der Waals surface area contributed by atoms with Crippen molar-refractivity contribution in [2.45, 2.75) is 59.0 Å². The largest absolute Gasteiger partial charge is 0.459 e. The smallest absolute Gasteiger partial charge is 0.343 e. The predicted molar refractivity (Wildman–Crippen MR) is 124 cm³/mol. The summed E-state index contributed by atoms with van der Waals surface area (Å²) in [6, 6.07) is 18.1. The quantitative estimate of drug-likeness (QED) is 0.216. The Bertz CT molecular complexity index is 1040. The van der Waals surface area contributed by atoms with Crippen molar-refractivity contribution in [2.24, 2.45) is 0 Å². The fourth-order valence-corrected chi connectivity index (χ4v) is 3.44. The molecule has 0 N–H and O–H groups in total. The third-order valence-electron chi connectivity index (χ3n) is 5.32. The number of rotatable bonds is 9. The fraction of sp³-hybridized carbons (Fsp3) is 0.333. The SMILES string of the molecule is CCCCCCC(C)OC(=O)c1ccc2cc(OC(=O)c3ccc(C)cc3)ccc2c1. The Morgan fingerprint density at radius 2 is 1.48 bits per heavy atom. The van der Waals surface area contributed by atoms with Gasteiger partial charge in [-0.1, -0.05) is 56.0 Å². The highest BCUT2D eigenvalue weighted by Gasteiger charge is 2.13. The number of esters is 2. The Hall–Kier alpha value is -3.14. The molecule has 0 aliphatic rings. The van der Waals surface area contributed by atoms with Crippen LogP contribution < -0.4 is 4.74 Å². The van der Waals surface area contributed by atoms with Crippen molar-refractivity contribution in [3.8, 4) is 5.75 Å². The van der Waals surface area contributed by atoms with E-state index in [-0.39, 0.29) is 12.1 Å². The first-order valence-electron chi connectivity index (χ1n) is 11.0. The van der Waals surface area contributed by atoms with E-state index in [9.17, 15) is 9.59 Å². The summed E-state index contributed by atoms with van der Waals surface area (Å²) in [6.07, 6.45) is 5.44. The van der Waals surface area contributed by atoms with Crippen LogP contribution in [0, 0.1) is 6.92 Å². The first-order valence-corrected chi connectivity index (χ1v) is 11.0. The van der Waals surface area contributed by atoms with E-state index in [1.165, 1.54) is 19.3 Å². The zero-order valence-corrected chi connectivity index (χ0v) is 18.5. The Balaban J connectivity index is 1.63. The van der Waals surface area contributed by atoms with Crippen molar-refractivity contribution in [2.75, 3.05) is 0 Å². The van der Waals surface area contributed by atoms with Crippen LogP contribution in [-0.2, 0) is 4.74 Å². The maximum absolute atomic E-state index is 12.5. The van der Waals surface area contributed by atoms with Gasteiger partial charge in [-0.3, -0.25) is 0 Å². The van der Waals surface area contributed by atoms with Crippen LogP contribution in [0.15, 0.2) is 60.7 Å². The van der Waals surface area contributed by atoms with E-state index in [4.69, 9.17) is 9.47 Å². The molecule has 0 bridgehead atoms. The minimum absolute atomic E-state index is 0.0939. The lowest BCUT2D eigenvalue weighted by Crippen LogP contribution is -2.15. The van der Waals surface area contributed by atoms with E-state index in [1.54, 1.807) is 30.3 Å². The first kappa shape index (κ1) is 22.5. The topological polar surface area (TPSA) is 52.6 Å². The summed E-state index contributed by atoms with van der Waals surface area (Å²) in [7, 11) is 0. The molecular weight excluding hydrogens is 388 g/mol. The van der Waals surface area contributed by atoms with E-state index in [0.717, 1.165) is 29.2 Å². The number of hydrogen-bond donors (Lipinski definition) is 0. The summed E-state index contributed by atoms with van der Waals surface area (Å²) >= 11 is 0. The molecule has 31 heavy (non-hydrogen) atoms. The Kier molecular flexibility index (Phi) is 7.82. The number of carbonyl (C=O) groups is 2. The van der Waals surface area contributed by atoms with Crippen LogP contribution in [0.4, 0.5) is 0 Å². The molecule has 1 atom stereocenters. The summed E-state index contributed by atoms with van der Waals surface area (Å²) < 4.78 is 11.1. The molecule has 3 aromatic rings. The van der Waals surface area contributed by atoms with Gasteiger partial charge in [0.1, 0.15) is 5.75 Å². The highest BCUT2D eigenvalue weighted by Crippen LogP contribution is 2.24. The third kappa shape index (κ3) is 6.42. The minimum Gasteiger partial charge on any atom is -0.459 e. The van der Waals surface area contributed by atoms with E-state index < -0.39 is 5.97 Å². The molecular formula is C27H30O4. The van der Waals surface area contributed by atoms with Gasteiger partial charge in [0.05, 0.1) is 17.2 Å². The lowest BCUT2D eigenvalue weighted by atomic mass is 10.1. The average molecular weight is 419 g/mol. The molecule has 162 valence electrons. The van der Waals surface area contributed by atoms with Crippen molar-refractivity contribution in [3.63, 3.8) is 0 Å². The van der Waals surface area contributed by atoms with Crippen LogP contribution in [-0.4, -0.2) is 18.0 Å². The second-order valence-corrected chi connectivity index (χ2v) is 8.04. The molecule has 1 unspecified atom stereocenters. The lowest BCUT2D eigenvalue weighted by Gasteiger charge is -2.13. The number of aryl methyl sites for hydroxylation is 1. The van der Waals surface area contributed by atoms with Crippen LogP contribution in [0.2, 0.25) is 0 Å². The fourth-order valence-electron chi connectivity index (χ4n) is 3.44. The average Bonchev–Trinajstić information content (AvgIpc) is 2.76. The van der Waals surface area contributed by atoms with Crippen molar-refractivity contribution in [3.05, 3.63) is 77.4 Å². The van der Waals surface area contributed by atoms with Crippen LogP contribution in [0.1, 0.15) is 72.2 Å². The van der Waals surface area contributed by atoms with Gasteiger partial charge < -0.3 is 9.47 Å². The van der Waals surface area contributed by atoms with Crippen molar-refractivity contribution in [1.82, 2.24) is 0 Å². The molecule has 0 saturated carbocycles. The number of hydrogen-bond acceptors (Lipinski definition) is 4. The van der Waals surface area contributed by atoms with Gasteiger partial charge in [-0.2, -0.15) is 0 Å². The van der Waals surface area contributed by atoms with Crippen molar-refractivity contribution >= 4 is 22.7 Å². The molecule has 0 radical (unpaired) electrons. The van der Waals surface area contributed by atoms with E-state index in [2.05, 4.69) is 6.92 Å². The van der Waals surface area contributed by atoms with Gasteiger partial charge in [-0.25, -0.2) is 9.59 Å². The summed E-state index contributed by atoms with van der Waals surface area (Å²) in [6.45, 7) is 6.09. The third-order valence-corrected chi connectivity index (χ3v) is 5.32. The maximum atomic E-state index is 12.5. The number of carbonyl (C=O) groups excluding carboxylic acids is 2. The molecule has 3 rings (SSSR count). The number of ether oxygens (including phenoxy) is 2.